The van der Waals surface area contributed by atoms with Crippen molar-refractivity contribution in [3.63, 3.8) is 0 Å². The maximum atomic E-state index is 12.6. The Bertz CT molecular complexity index is 769. The Morgan fingerprint density at radius 3 is 2.48 bits per heavy atom. The lowest BCUT2D eigenvalue weighted by molar-refractivity contribution is 0.0937. The van der Waals surface area contributed by atoms with Gasteiger partial charge in [0.25, 0.3) is 5.91 Å². The monoisotopic (exact) mass is 369 g/mol. The number of hydrogen-bond acceptors (Lipinski definition) is 4. The number of para-hydroxylation sites is 2. The molecule has 1 saturated carbocycles. The minimum absolute atomic E-state index is 0.0384. The van der Waals surface area contributed by atoms with Gasteiger partial charge in [0.2, 0.25) is 0 Å². The number of carbonyl (C=O) groups is 1. The number of ether oxygens (including phenoxy) is 3. The summed E-state index contributed by atoms with van der Waals surface area (Å²) in [7, 11) is 1.61. The van der Waals surface area contributed by atoms with Gasteiger partial charge >= 0.3 is 0 Å². The summed E-state index contributed by atoms with van der Waals surface area (Å²) >= 11 is 0. The van der Waals surface area contributed by atoms with Crippen molar-refractivity contribution >= 4 is 5.91 Å². The lowest BCUT2D eigenvalue weighted by atomic mass is 10.1. The van der Waals surface area contributed by atoms with Gasteiger partial charge in [0.15, 0.2) is 11.5 Å². The lowest BCUT2D eigenvalue weighted by Crippen LogP contribution is -2.32. The highest BCUT2D eigenvalue weighted by molar-refractivity contribution is 5.94. The topological polar surface area (TPSA) is 56.8 Å². The minimum Gasteiger partial charge on any atom is -0.493 e. The van der Waals surface area contributed by atoms with Crippen molar-refractivity contribution in [2.75, 3.05) is 13.7 Å². The molecular formula is C22H27NO4. The van der Waals surface area contributed by atoms with E-state index in [-0.39, 0.29) is 11.9 Å². The molecule has 0 unspecified atom stereocenters. The molecule has 2 aromatic rings. The SMILES string of the molecule is CCOc1ccc(C(=O)NC2CCCC2)cc1COc1ccccc1OC. The van der Waals surface area contributed by atoms with Crippen LogP contribution in [0.2, 0.25) is 0 Å². The Morgan fingerprint density at radius 1 is 1.04 bits per heavy atom. The third-order valence-corrected chi connectivity index (χ3v) is 4.77. The molecule has 0 heterocycles. The average molecular weight is 369 g/mol. The van der Waals surface area contributed by atoms with E-state index in [2.05, 4.69) is 5.32 Å². The zero-order valence-electron chi connectivity index (χ0n) is 16.0. The molecule has 1 aliphatic rings. The van der Waals surface area contributed by atoms with Gasteiger partial charge in [-0.25, -0.2) is 0 Å². The van der Waals surface area contributed by atoms with Gasteiger partial charge in [-0.1, -0.05) is 25.0 Å². The lowest BCUT2D eigenvalue weighted by Gasteiger charge is -2.16. The van der Waals surface area contributed by atoms with Gasteiger partial charge in [-0.3, -0.25) is 4.79 Å². The number of nitrogens with one attached hydrogen (secondary N) is 1. The van der Waals surface area contributed by atoms with Crippen LogP contribution < -0.4 is 19.5 Å². The predicted octanol–water partition coefficient (Wildman–Crippen LogP) is 4.35. The van der Waals surface area contributed by atoms with E-state index in [1.54, 1.807) is 7.11 Å². The van der Waals surface area contributed by atoms with Crippen LogP contribution in [0.1, 0.15) is 48.5 Å². The van der Waals surface area contributed by atoms with E-state index in [0.717, 1.165) is 24.2 Å². The Kier molecular flexibility index (Phi) is 6.58. The predicted molar refractivity (Wildman–Crippen MR) is 105 cm³/mol. The van der Waals surface area contributed by atoms with Crippen molar-refractivity contribution in [3.8, 4) is 17.2 Å². The fourth-order valence-electron chi connectivity index (χ4n) is 3.36. The number of methoxy groups -OCH3 is 1. The molecule has 0 aliphatic heterocycles. The fraction of sp³-hybridized carbons (Fsp3) is 0.409. The van der Waals surface area contributed by atoms with Gasteiger partial charge in [-0.15, -0.1) is 0 Å². The second-order valence-electron chi connectivity index (χ2n) is 6.65. The largest absolute Gasteiger partial charge is 0.493 e. The molecule has 1 amide bonds. The van der Waals surface area contributed by atoms with Gasteiger partial charge in [0.05, 0.1) is 13.7 Å². The van der Waals surface area contributed by atoms with E-state index < -0.39 is 0 Å². The first kappa shape index (κ1) is 19.1. The van der Waals surface area contributed by atoms with Crippen LogP contribution in [0.3, 0.4) is 0 Å². The fourth-order valence-corrected chi connectivity index (χ4v) is 3.36. The molecule has 3 rings (SSSR count). The average Bonchev–Trinajstić information content (AvgIpc) is 3.20. The summed E-state index contributed by atoms with van der Waals surface area (Å²) < 4.78 is 17.0. The molecule has 0 radical (unpaired) electrons. The first-order valence-corrected chi connectivity index (χ1v) is 9.53. The highest BCUT2D eigenvalue weighted by atomic mass is 16.5. The summed E-state index contributed by atoms with van der Waals surface area (Å²) in [6.45, 7) is 2.78. The number of rotatable bonds is 8. The zero-order chi connectivity index (χ0) is 19.1. The summed E-state index contributed by atoms with van der Waals surface area (Å²) in [6.07, 6.45) is 4.50. The van der Waals surface area contributed by atoms with Crippen LogP contribution >= 0.6 is 0 Å². The molecule has 0 saturated heterocycles. The summed E-state index contributed by atoms with van der Waals surface area (Å²) in [5, 5.41) is 3.13. The van der Waals surface area contributed by atoms with Crippen molar-refractivity contribution < 1.29 is 19.0 Å². The number of carbonyl (C=O) groups excluding carboxylic acids is 1. The summed E-state index contributed by atoms with van der Waals surface area (Å²) in [6, 6.07) is 13.3. The Balaban J connectivity index is 1.75. The molecule has 0 bridgehead atoms. The molecule has 0 aromatic heterocycles. The minimum atomic E-state index is -0.0384. The quantitative estimate of drug-likeness (QED) is 0.752. The van der Waals surface area contributed by atoms with Crippen molar-refractivity contribution in [2.45, 2.75) is 45.3 Å². The Hall–Kier alpha value is -2.69. The van der Waals surface area contributed by atoms with E-state index in [4.69, 9.17) is 14.2 Å². The van der Waals surface area contributed by atoms with Crippen LogP contribution in [0, 0.1) is 0 Å². The second kappa shape index (κ2) is 9.31. The van der Waals surface area contributed by atoms with E-state index in [0.29, 0.717) is 30.3 Å². The van der Waals surface area contributed by atoms with Crippen LogP contribution in [0.15, 0.2) is 42.5 Å². The Morgan fingerprint density at radius 2 is 1.78 bits per heavy atom. The van der Waals surface area contributed by atoms with Crippen LogP contribution in [0.5, 0.6) is 17.2 Å². The molecule has 0 atom stereocenters. The van der Waals surface area contributed by atoms with Crippen LogP contribution in [0.4, 0.5) is 0 Å². The molecule has 2 aromatic carbocycles. The number of benzene rings is 2. The van der Waals surface area contributed by atoms with Gasteiger partial charge in [0.1, 0.15) is 12.4 Å². The molecule has 0 spiro atoms. The number of hydrogen-bond donors (Lipinski definition) is 1. The summed E-state index contributed by atoms with van der Waals surface area (Å²) in [4.78, 5) is 12.6. The van der Waals surface area contributed by atoms with Crippen molar-refractivity contribution in [1.29, 1.82) is 0 Å². The zero-order valence-corrected chi connectivity index (χ0v) is 16.0. The van der Waals surface area contributed by atoms with Crippen molar-refractivity contribution in [1.82, 2.24) is 5.32 Å². The third-order valence-electron chi connectivity index (χ3n) is 4.77. The number of amides is 1. The van der Waals surface area contributed by atoms with Crippen LogP contribution in [-0.2, 0) is 6.61 Å². The second-order valence-corrected chi connectivity index (χ2v) is 6.65. The highest BCUT2D eigenvalue weighted by Crippen LogP contribution is 2.29. The van der Waals surface area contributed by atoms with E-state index in [9.17, 15) is 4.79 Å². The van der Waals surface area contributed by atoms with Gasteiger partial charge in [-0.05, 0) is 50.1 Å². The smallest absolute Gasteiger partial charge is 0.251 e. The first-order valence-electron chi connectivity index (χ1n) is 9.53. The van der Waals surface area contributed by atoms with Crippen molar-refractivity contribution in [2.24, 2.45) is 0 Å². The van der Waals surface area contributed by atoms with Gasteiger partial charge in [-0.2, -0.15) is 0 Å². The molecule has 1 fully saturated rings. The molecule has 5 heteroatoms. The normalized spacial score (nSPS) is 14.0. The molecule has 5 nitrogen and oxygen atoms in total. The van der Waals surface area contributed by atoms with Gasteiger partial charge in [0, 0.05) is 17.2 Å². The molecule has 1 N–H and O–H groups in total. The van der Waals surface area contributed by atoms with Crippen molar-refractivity contribution in [3.05, 3.63) is 53.6 Å². The molecular weight excluding hydrogens is 342 g/mol. The van der Waals surface area contributed by atoms with Gasteiger partial charge < -0.3 is 19.5 Å². The molecule has 27 heavy (non-hydrogen) atoms. The maximum absolute atomic E-state index is 12.6. The molecule has 144 valence electrons. The van der Waals surface area contributed by atoms with E-state index in [1.165, 1.54) is 12.8 Å². The summed E-state index contributed by atoms with van der Waals surface area (Å²) in [5.74, 6) is 2.02. The standard InChI is InChI=1S/C22H27NO4/c1-3-26-19-13-12-16(22(24)23-18-8-4-5-9-18)14-17(19)15-27-21-11-7-6-10-20(21)25-2/h6-7,10-14,18H,3-5,8-9,15H2,1-2H3,(H,23,24). The van der Waals surface area contributed by atoms with Crippen LogP contribution in [-0.4, -0.2) is 25.7 Å². The third kappa shape index (κ3) is 4.94. The first-order chi connectivity index (χ1) is 13.2. The Labute approximate surface area is 160 Å². The highest BCUT2D eigenvalue weighted by Gasteiger charge is 2.19. The molecule has 1 aliphatic carbocycles. The maximum Gasteiger partial charge on any atom is 0.251 e. The van der Waals surface area contributed by atoms with Crippen LogP contribution in [0.25, 0.3) is 0 Å². The van der Waals surface area contributed by atoms with E-state index >= 15 is 0 Å². The summed E-state index contributed by atoms with van der Waals surface area (Å²) in [5.41, 5.74) is 1.46. The van der Waals surface area contributed by atoms with E-state index in [1.807, 2.05) is 49.4 Å².